The van der Waals surface area contributed by atoms with Gasteiger partial charge in [-0.15, -0.1) is 0 Å². The summed E-state index contributed by atoms with van der Waals surface area (Å²) in [6, 6.07) is 0. The lowest BCUT2D eigenvalue weighted by molar-refractivity contribution is -0.100. The smallest absolute Gasteiger partial charge is 0.332 e. The first kappa shape index (κ1) is 16.3. The molecule has 0 spiro atoms. The van der Waals surface area contributed by atoms with Crippen LogP contribution in [0.2, 0.25) is 0 Å². The molecule has 4 N–H and O–H groups in total. The summed E-state index contributed by atoms with van der Waals surface area (Å²) in [5, 5.41) is 9.71. The van der Waals surface area contributed by atoms with Gasteiger partial charge in [-0.2, -0.15) is 18.3 Å². The normalized spacial score (nSPS) is 22.0. The molecule has 0 fully saturated rings. The second-order valence-electron chi connectivity index (χ2n) is 5.32. The third kappa shape index (κ3) is 3.41. The van der Waals surface area contributed by atoms with Crippen LogP contribution < -0.4 is 16.4 Å². The van der Waals surface area contributed by atoms with Crippen LogP contribution in [0.25, 0.3) is 0 Å². The van der Waals surface area contributed by atoms with Gasteiger partial charge in [0.25, 0.3) is 0 Å². The van der Waals surface area contributed by atoms with E-state index < -0.39 is 17.4 Å². The maximum Gasteiger partial charge on any atom is 0.417 e. The zero-order valence-electron chi connectivity index (χ0n) is 12.6. The van der Waals surface area contributed by atoms with Gasteiger partial charge in [-0.3, -0.25) is 4.68 Å². The van der Waals surface area contributed by atoms with E-state index in [1.807, 2.05) is 6.92 Å². The first-order valence-electron chi connectivity index (χ1n) is 6.87. The summed E-state index contributed by atoms with van der Waals surface area (Å²) in [6.07, 6.45) is -0.993. The topological polar surface area (TPSA) is 80.3 Å². The monoisotopic (exact) mass is 316 g/mol. The predicted octanol–water partition coefficient (Wildman–Crippen LogP) is 2.09. The van der Waals surface area contributed by atoms with E-state index in [9.17, 15) is 13.2 Å². The van der Waals surface area contributed by atoms with Crippen LogP contribution in [0.3, 0.4) is 0 Å². The minimum Gasteiger partial charge on any atom is -0.332 e. The quantitative estimate of drug-likeness (QED) is 0.798. The van der Waals surface area contributed by atoms with Gasteiger partial charge in [-0.1, -0.05) is 6.92 Å². The highest BCUT2D eigenvalue weighted by Crippen LogP contribution is 2.34. The Kier molecular flexibility index (Phi) is 4.19. The summed E-state index contributed by atoms with van der Waals surface area (Å²) in [7, 11) is 0. The number of aromatic nitrogens is 2. The lowest BCUT2D eigenvalue weighted by Crippen LogP contribution is -2.49. The van der Waals surface area contributed by atoms with Crippen LogP contribution in [0.15, 0.2) is 23.0 Å². The molecule has 0 bridgehead atoms. The first-order valence-corrected chi connectivity index (χ1v) is 6.87. The van der Waals surface area contributed by atoms with Gasteiger partial charge in [0.1, 0.15) is 5.66 Å². The minimum absolute atomic E-state index is 0.150. The summed E-state index contributed by atoms with van der Waals surface area (Å²) < 4.78 is 40.3. The number of hydrogen-bond donors (Lipinski definition) is 3. The predicted molar refractivity (Wildman–Crippen MR) is 78.2 cm³/mol. The average Bonchev–Trinajstić information content (AvgIpc) is 2.67. The van der Waals surface area contributed by atoms with Gasteiger partial charge < -0.3 is 16.4 Å². The van der Waals surface area contributed by atoms with Crippen molar-refractivity contribution >= 4 is 11.6 Å². The van der Waals surface area contributed by atoms with E-state index in [1.54, 1.807) is 17.8 Å². The van der Waals surface area contributed by atoms with E-state index in [0.717, 1.165) is 24.9 Å². The highest BCUT2D eigenvalue weighted by atomic mass is 19.4. The molecule has 1 unspecified atom stereocenters. The highest BCUT2D eigenvalue weighted by molar-refractivity contribution is 5.95. The fraction of sp³-hybridized carbons (Fsp3) is 0.538. The van der Waals surface area contributed by atoms with Crippen LogP contribution in [0, 0.1) is 6.92 Å². The standard InChI is InChI=1S/C13H19F3N6/c1-4-5-22-7-9(8(2)21-22)19-11-18-6-10(13(14,15)16)12(3,17)20-11/h6-7H,4-5,17H2,1-3H3,(H2,18,19,20). The molecule has 22 heavy (non-hydrogen) atoms. The fourth-order valence-corrected chi connectivity index (χ4v) is 2.16. The van der Waals surface area contributed by atoms with Crippen LogP contribution in [0.1, 0.15) is 26.0 Å². The number of anilines is 1. The molecule has 2 rings (SSSR count). The first-order chi connectivity index (χ1) is 10.1. The summed E-state index contributed by atoms with van der Waals surface area (Å²) >= 11 is 0. The van der Waals surface area contributed by atoms with Gasteiger partial charge in [0.05, 0.1) is 17.0 Å². The summed E-state index contributed by atoms with van der Waals surface area (Å²) in [5.74, 6) is 0.150. The minimum atomic E-state index is -4.53. The Labute approximate surface area is 126 Å². The molecule has 0 aromatic carbocycles. The Bertz CT molecular complexity index is 612. The molecule has 1 atom stereocenters. The molecule has 0 aliphatic carbocycles. The Balaban J connectivity index is 2.18. The van der Waals surface area contributed by atoms with Crippen molar-refractivity contribution in [3.63, 3.8) is 0 Å². The number of rotatable bonds is 3. The van der Waals surface area contributed by atoms with E-state index >= 15 is 0 Å². The molecular weight excluding hydrogens is 297 g/mol. The molecule has 9 heteroatoms. The van der Waals surface area contributed by atoms with Gasteiger partial charge in [0, 0.05) is 18.9 Å². The van der Waals surface area contributed by atoms with E-state index in [-0.39, 0.29) is 5.96 Å². The Hall–Kier alpha value is -2.03. The van der Waals surface area contributed by atoms with Crippen molar-refractivity contribution in [2.45, 2.75) is 45.6 Å². The van der Waals surface area contributed by atoms with E-state index in [0.29, 0.717) is 5.69 Å². The molecule has 6 nitrogen and oxygen atoms in total. The Morgan fingerprint density at radius 1 is 1.45 bits per heavy atom. The third-order valence-electron chi connectivity index (χ3n) is 3.20. The largest absolute Gasteiger partial charge is 0.417 e. The number of nitrogens with zero attached hydrogens (tertiary/aromatic N) is 3. The Morgan fingerprint density at radius 2 is 2.14 bits per heavy atom. The second kappa shape index (κ2) is 5.64. The molecule has 1 aromatic heterocycles. The number of nitrogens with two attached hydrogens (primary N) is 1. The van der Waals surface area contributed by atoms with Crippen LogP contribution in [0.4, 0.5) is 18.9 Å². The van der Waals surface area contributed by atoms with Gasteiger partial charge in [-0.05, 0) is 20.3 Å². The molecule has 1 aromatic rings. The fourth-order valence-electron chi connectivity index (χ4n) is 2.16. The van der Waals surface area contributed by atoms with Crippen LogP contribution in [-0.4, -0.2) is 27.6 Å². The van der Waals surface area contributed by atoms with E-state index in [4.69, 9.17) is 5.73 Å². The molecule has 1 aliphatic rings. The van der Waals surface area contributed by atoms with Crippen LogP contribution in [0.5, 0.6) is 0 Å². The van der Waals surface area contributed by atoms with Crippen molar-refractivity contribution in [1.82, 2.24) is 15.1 Å². The molecule has 2 heterocycles. The van der Waals surface area contributed by atoms with Crippen molar-refractivity contribution in [1.29, 1.82) is 0 Å². The summed E-state index contributed by atoms with van der Waals surface area (Å²) in [5.41, 5.74) is 4.28. The number of aliphatic imine (C=N–C) groups is 1. The lowest BCUT2D eigenvalue weighted by Gasteiger charge is -2.30. The van der Waals surface area contributed by atoms with Gasteiger partial charge in [0.2, 0.25) is 5.96 Å². The maximum atomic E-state index is 12.9. The van der Waals surface area contributed by atoms with Crippen molar-refractivity contribution in [2.24, 2.45) is 10.7 Å². The SMILES string of the molecule is CCCn1cc(NC2=NC(C)(N)C(C(F)(F)F)=CN2)c(C)n1. The van der Waals surface area contributed by atoms with Crippen molar-refractivity contribution in [3.05, 3.63) is 23.7 Å². The molecule has 1 aliphatic heterocycles. The number of nitrogens with one attached hydrogen (secondary N) is 2. The third-order valence-corrected chi connectivity index (χ3v) is 3.20. The number of guanidine groups is 1. The molecule has 0 radical (unpaired) electrons. The average molecular weight is 316 g/mol. The van der Waals surface area contributed by atoms with Crippen LogP contribution in [-0.2, 0) is 6.54 Å². The van der Waals surface area contributed by atoms with Gasteiger partial charge in [-0.25, -0.2) is 4.99 Å². The molecular formula is C13H19F3N6. The van der Waals surface area contributed by atoms with Gasteiger partial charge >= 0.3 is 6.18 Å². The zero-order valence-corrected chi connectivity index (χ0v) is 12.6. The summed E-state index contributed by atoms with van der Waals surface area (Å²) in [6.45, 7) is 5.80. The Morgan fingerprint density at radius 3 is 2.68 bits per heavy atom. The second-order valence-corrected chi connectivity index (χ2v) is 5.32. The number of hydrogen-bond acceptors (Lipinski definition) is 5. The highest BCUT2D eigenvalue weighted by Gasteiger charge is 2.45. The molecule has 0 saturated carbocycles. The van der Waals surface area contributed by atoms with Crippen molar-refractivity contribution in [3.8, 4) is 0 Å². The van der Waals surface area contributed by atoms with Crippen LogP contribution >= 0.6 is 0 Å². The molecule has 0 amide bonds. The number of aryl methyl sites for hydroxylation is 2. The van der Waals surface area contributed by atoms with Crippen molar-refractivity contribution < 1.29 is 13.2 Å². The summed E-state index contributed by atoms with van der Waals surface area (Å²) in [4.78, 5) is 3.90. The molecule has 0 saturated heterocycles. The number of alkyl halides is 3. The van der Waals surface area contributed by atoms with E-state index in [2.05, 4.69) is 20.7 Å². The van der Waals surface area contributed by atoms with E-state index in [1.165, 1.54) is 6.92 Å². The molecule has 122 valence electrons. The van der Waals surface area contributed by atoms with Gasteiger partial charge in [0.15, 0.2) is 0 Å². The number of halogens is 3. The van der Waals surface area contributed by atoms with Crippen molar-refractivity contribution in [2.75, 3.05) is 5.32 Å². The maximum absolute atomic E-state index is 12.9. The lowest BCUT2D eigenvalue weighted by atomic mass is 10.0. The zero-order chi connectivity index (χ0) is 16.5.